The molecular weight excluding hydrogens is 446 g/mol. The minimum atomic E-state index is -0.761. The minimum Gasteiger partial charge on any atom is -0.484 e. The van der Waals surface area contributed by atoms with Crippen molar-refractivity contribution >= 4 is 34.8 Å². The molecule has 0 bridgehead atoms. The summed E-state index contributed by atoms with van der Waals surface area (Å²) >= 11 is 0. The molecule has 3 amide bonds. The Hall–Kier alpha value is -3.42. The van der Waals surface area contributed by atoms with Crippen LogP contribution in [0.15, 0.2) is 42.5 Å². The zero-order valence-electron chi connectivity index (χ0n) is 20.0. The van der Waals surface area contributed by atoms with Crippen LogP contribution in [-0.4, -0.2) is 60.7 Å². The van der Waals surface area contributed by atoms with Gasteiger partial charge in [-0.2, -0.15) is 0 Å². The number of nitrogens with one attached hydrogen (secondary N) is 2. The Morgan fingerprint density at radius 1 is 1.23 bits per heavy atom. The van der Waals surface area contributed by atoms with E-state index in [1.807, 2.05) is 42.5 Å². The van der Waals surface area contributed by atoms with Gasteiger partial charge >= 0.3 is 0 Å². The number of aldehydes is 1. The molecule has 1 aliphatic carbocycles. The first kappa shape index (κ1) is 23.3. The van der Waals surface area contributed by atoms with Crippen LogP contribution in [0.5, 0.6) is 5.75 Å². The molecule has 0 spiro atoms. The van der Waals surface area contributed by atoms with Crippen LogP contribution in [0.2, 0.25) is 0 Å². The summed E-state index contributed by atoms with van der Waals surface area (Å²) in [6.07, 6.45) is 1.60. The lowest BCUT2D eigenvalue weighted by atomic mass is 9.97. The number of carbonyl (C=O) groups is 4. The summed E-state index contributed by atoms with van der Waals surface area (Å²) in [4.78, 5) is 51.7. The van der Waals surface area contributed by atoms with Gasteiger partial charge in [-0.05, 0) is 53.0 Å². The van der Waals surface area contributed by atoms with Crippen molar-refractivity contribution in [2.75, 3.05) is 19.7 Å². The molecule has 2 N–H and O–H groups in total. The van der Waals surface area contributed by atoms with Gasteiger partial charge in [-0.15, -0.1) is 0 Å². The van der Waals surface area contributed by atoms with E-state index >= 15 is 0 Å². The Kier molecular flexibility index (Phi) is 5.99. The van der Waals surface area contributed by atoms with Crippen molar-refractivity contribution in [2.24, 2.45) is 23.2 Å². The number of nitrogens with zero attached hydrogens (tertiary/aromatic N) is 1. The summed E-state index contributed by atoms with van der Waals surface area (Å²) in [7, 11) is 0. The van der Waals surface area contributed by atoms with Crippen molar-refractivity contribution in [3.8, 4) is 5.75 Å². The average Bonchev–Trinajstić information content (AvgIpc) is 3.21. The van der Waals surface area contributed by atoms with E-state index in [2.05, 4.69) is 24.5 Å². The van der Waals surface area contributed by atoms with Crippen LogP contribution in [0.1, 0.15) is 26.7 Å². The van der Waals surface area contributed by atoms with Crippen molar-refractivity contribution in [1.29, 1.82) is 0 Å². The van der Waals surface area contributed by atoms with E-state index in [1.54, 1.807) is 4.90 Å². The van der Waals surface area contributed by atoms with E-state index in [1.165, 1.54) is 0 Å². The molecule has 0 aromatic heterocycles. The third-order valence-electron chi connectivity index (χ3n) is 8.07. The summed E-state index contributed by atoms with van der Waals surface area (Å²) in [5, 5.41) is 7.68. The number of amides is 3. The fraction of sp³-hybridized carbons (Fsp3) is 0.481. The number of rotatable bonds is 8. The molecule has 3 fully saturated rings. The molecule has 2 heterocycles. The number of hydrogen-bond acceptors (Lipinski definition) is 5. The molecule has 35 heavy (non-hydrogen) atoms. The maximum absolute atomic E-state index is 13.3. The summed E-state index contributed by atoms with van der Waals surface area (Å²) in [6.45, 7) is 5.13. The van der Waals surface area contributed by atoms with E-state index in [9.17, 15) is 19.2 Å². The smallest absolute Gasteiger partial charge is 0.261 e. The van der Waals surface area contributed by atoms with Gasteiger partial charge in [0.05, 0.1) is 6.04 Å². The summed E-state index contributed by atoms with van der Waals surface area (Å²) < 4.78 is 5.80. The highest BCUT2D eigenvalue weighted by Gasteiger charge is 2.69. The van der Waals surface area contributed by atoms with Gasteiger partial charge in [0.1, 0.15) is 18.1 Å². The monoisotopic (exact) mass is 477 g/mol. The third kappa shape index (κ3) is 4.37. The Bertz CT molecular complexity index is 1180. The number of likely N-dealkylation sites (tertiary alicyclic amines) is 1. The van der Waals surface area contributed by atoms with E-state index < -0.39 is 12.1 Å². The van der Waals surface area contributed by atoms with Crippen LogP contribution in [0.4, 0.5) is 0 Å². The fourth-order valence-corrected chi connectivity index (χ4v) is 5.92. The molecule has 1 saturated carbocycles. The minimum absolute atomic E-state index is 0.0363. The normalized spacial score (nSPS) is 27.1. The molecule has 8 heteroatoms. The lowest BCUT2D eigenvalue weighted by molar-refractivity contribution is -0.142. The summed E-state index contributed by atoms with van der Waals surface area (Å²) in [5.74, 6) is -0.0898. The van der Waals surface area contributed by atoms with Gasteiger partial charge < -0.3 is 25.1 Å². The lowest BCUT2D eigenvalue weighted by Crippen LogP contribution is -2.53. The molecule has 0 radical (unpaired) electrons. The van der Waals surface area contributed by atoms with Crippen LogP contribution in [0, 0.1) is 23.2 Å². The van der Waals surface area contributed by atoms with Crippen molar-refractivity contribution in [3.63, 3.8) is 0 Å². The zero-order valence-corrected chi connectivity index (χ0v) is 20.0. The predicted octanol–water partition coefficient (Wildman–Crippen LogP) is 1.91. The number of hydrogen-bond donors (Lipinski definition) is 2. The number of benzene rings is 2. The standard InChI is InChI=1S/C27H31N3O5/c1-27(2)21-13-30(22(32)15-35-20-8-7-16-5-3-4-6-17(16)12-20)24(23(21)27)26(34)29-19(14-31)11-18-9-10-28-25(18)33/h3-8,12,14,18-19,21,23-24H,9-11,13,15H2,1-2H3,(H,28,33)(H,29,34)/t18-,19-,21-,23-,24+/m0/s1. The maximum Gasteiger partial charge on any atom is 0.261 e. The number of fused-ring (bicyclic) bond motifs is 2. The third-order valence-corrected chi connectivity index (χ3v) is 8.07. The van der Waals surface area contributed by atoms with Gasteiger partial charge in [0.15, 0.2) is 6.61 Å². The first-order valence-electron chi connectivity index (χ1n) is 12.2. The predicted molar refractivity (Wildman–Crippen MR) is 129 cm³/mol. The molecule has 2 aliphatic heterocycles. The molecule has 5 rings (SSSR count). The molecule has 2 aromatic carbocycles. The molecule has 5 atom stereocenters. The Balaban J connectivity index is 1.25. The van der Waals surface area contributed by atoms with Crippen molar-refractivity contribution in [3.05, 3.63) is 42.5 Å². The van der Waals surface area contributed by atoms with E-state index in [4.69, 9.17) is 4.74 Å². The Labute approximate surface area is 204 Å². The molecule has 0 unspecified atom stereocenters. The Morgan fingerprint density at radius 2 is 2.00 bits per heavy atom. The van der Waals surface area contributed by atoms with Crippen LogP contribution in [0.3, 0.4) is 0 Å². The molecule has 184 valence electrons. The molecule has 3 aliphatic rings. The van der Waals surface area contributed by atoms with Gasteiger partial charge in [-0.1, -0.05) is 44.2 Å². The molecule has 2 saturated heterocycles. The van der Waals surface area contributed by atoms with Crippen LogP contribution in [0.25, 0.3) is 10.8 Å². The molecular formula is C27H31N3O5. The van der Waals surface area contributed by atoms with Gasteiger partial charge in [-0.25, -0.2) is 0 Å². The Morgan fingerprint density at radius 3 is 2.71 bits per heavy atom. The highest BCUT2D eigenvalue weighted by atomic mass is 16.5. The van der Waals surface area contributed by atoms with Crippen molar-refractivity contribution in [2.45, 2.75) is 38.8 Å². The summed E-state index contributed by atoms with van der Waals surface area (Å²) in [5.41, 5.74) is -0.0417. The number of piperidine rings is 1. The fourth-order valence-electron chi connectivity index (χ4n) is 5.92. The van der Waals surface area contributed by atoms with Gasteiger partial charge in [0.25, 0.3) is 5.91 Å². The quantitative estimate of drug-likeness (QED) is 0.565. The SMILES string of the molecule is CC1(C)[C@@H]2[C@H](C(=O)N[C@H](C=O)C[C@@H]3CCNC3=O)N(C(=O)COc3ccc4ccccc4c3)C[C@@H]21. The average molecular weight is 478 g/mol. The van der Waals surface area contributed by atoms with E-state index in [-0.39, 0.29) is 53.9 Å². The lowest BCUT2D eigenvalue weighted by Gasteiger charge is -2.31. The highest BCUT2D eigenvalue weighted by molar-refractivity contribution is 5.92. The second-order valence-corrected chi connectivity index (χ2v) is 10.5. The van der Waals surface area contributed by atoms with Crippen LogP contribution in [-0.2, 0) is 19.2 Å². The molecule has 8 nitrogen and oxygen atoms in total. The number of carbonyl (C=O) groups excluding carboxylic acids is 4. The van der Waals surface area contributed by atoms with Gasteiger partial charge in [-0.3, -0.25) is 14.4 Å². The van der Waals surface area contributed by atoms with Crippen molar-refractivity contribution in [1.82, 2.24) is 15.5 Å². The van der Waals surface area contributed by atoms with Crippen molar-refractivity contribution < 1.29 is 23.9 Å². The van der Waals surface area contributed by atoms with E-state index in [0.717, 1.165) is 10.8 Å². The van der Waals surface area contributed by atoms with Crippen LogP contribution < -0.4 is 15.4 Å². The number of ether oxygens (including phenoxy) is 1. The highest BCUT2D eigenvalue weighted by Crippen LogP contribution is 2.64. The largest absolute Gasteiger partial charge is 0.484 e. The van der Waals surface area contributed by atoms with Crippen LogP contribution >= 0.6 is 0 Å². The summed E-state index contributed by atoms with van der Waals surface area (Å²) in [6, 6.07) is 12.2. The van der Waals surface area contributed by atoms with Gasteiger partial charge in [0, 0.05) is 19.0 Å². The second-order valence-electron chi connectivity index (χ2n) is 10.5. The van der Waals surface area contributed by atoms with E-state index in [0.29, 0.717) is 31.5 Å². The maximum atomic E-state index is 13.3. The zero-order chi connectivity index (χ0) is 24.7. The first-order valence-corrected chi connectivity index (χ1v) is 12.2. The molecule has 2 aromatic rings. The second kappa shape index (κ2) is 8.98. The first-order chi connectivity index (χ1) is 16.8. The van der Waals surface area contributed by atoms with Gasteiger partial charge in [0.2, 0.25) is 11.8 Å². The topological polar surface area (TPSA) is 105 Å².